The number of amides is 2. The van der Waals surface area contributed by atoms with Gasteiger partial charge in [0.1, 0.15) is 9.88 Å². The number of aromatic nitrogens is 1. The van der Waals surface area contributed by atoms with Crippen LogP contribution in [0.3, 0.4) is 0 Å². The van der Waals surface area contributed by atoms with E-state index in [0.717, 1.165) is 17.0 Å². The molecular formula is C18H23N3O2S. The van der Waals surface area contributed by atoms with Gasteiger partial charge in [-0.1, -0.05) is 31.2 Å². The summed E-state index contributed by atoms with van der Waals surface area (Å²) in [4.78, 5) is 28.9. The zero-order chi connectivity index (χ0) is 17.7. The minimum Gasteiger partial charge on any atom is -0.352 e. The van der Waals surface area contributed by atoms with Crippen molar-refractivity contribution in [2.24, 2.45) is 0 Å². The maximum Gasteiger partial charge on any atom is 0.263 e. The van der Waals surface area contributed by atoms with Crippen LogP contribution in [0.2, 0.25) is 0 Å². The monoisotopic (exact) mass is 345 g/mol. The Balaban J connectivity index is 2.07. The molecule has 0 aliphatic carbocycles. The van der Waals surface area contributed by atoms with E-state index in [0.29, 0.717) is 10.6 Å². The third kappa shape index (κ3) is 4.64. The minimum absolute atomic E-state index is 0.0329. The number of benzene rings is 1. The van der Waals surface area contributed by atoms with Gasteiger partial charge < -0.3 is 10.6 Å². The van der Waals surface area contributed by atoms with Crippen molar-refractivity contribution in [2.45, 2.75) is 40.2 Å². The van der Waals surface area contributed by atoms with Crippen LogP contribution in [0.5, 0.6) is 0 Å². The molecule has 5 nitrogen and oxygen atoms in total. The summed E-state index contributed by atoms with van der Waals surface area (Å²) in [5.74, 6) is -0.462. The van der Waals surface area contributed by atoms with Gasteiger partial charge in [-0.15, -0.1) is 11.3 Å². The van der Waals surface area contributed by atoms with Gasteiger partial charge >= 0.3 is 0 Å². The van der Waals surface area contributed by atoms with E-state index in [9.17, 15) is 9.59 Å². The van der Waals surface area contributed by atoms with Gasteiger partial charge in [-0.05, 0) is 32.8 Å². The van der Waals surface area contributed by atoms with Gasteiger partial charge in [0.15, 0.2) is 0 Å². The third-order valence-corrected chi connectivity index (χ3v) is 4.68. The predicted molar refractivity (Wildman–Crippen MR) is 97.3 cm³/mol. The molecule has 24 heavy (non-hydrogen) atoms. The summed E-state index contributed by atoms with van der Waals surface area (Å²) in [5.41, 5.74) is 2.94. The average Bonchev–Trinajstić information content (AvgIpc) is 2.94. The highest BCUT2D eigenvalue weighted by atomic mass is 32.1. The molecule has 0 aliphatic heterocycles. The Labute approximate surface area is 146 Å². The van der Waals surface area contributed by atoms with Crippen LogP contribution >= 0.6 is 11.3 Å². The Kier molecular flexibility index (Phi) is 6.09. The second-order valence-electron chi connectivity index (χ2n) is 5.89. The van der Waals surface area contributed by atoms with Crippen LogP contribution < -0.4 is 10.6 Å². The summed E-state index contributed by atoms with van der Waals surface area (Å²) >= 11 is 1.34. The van der Waals surface area contributed by atoms with Crippen LogP contribution in [0.25, 0.3) is 10.6 Å². The molecule has 0 radical (unpaired) electrons. The van der Waals surface area contributed by atoms with E-state index in [-0.39, 0.29) is 24.4 Å². The topological polar surface area (TPSA) is 71.1 Å². The molecule has 2 N–H and O–H groups in total. The van der Waals surface area contributed by atoms with E-state index >= 15 is 0 Å². The normalized spacial score (nSPS) is 10.7. The number of hydrogen-bond donors (Lipinski definition) is 2. The molecular weight excluding hydrogens is 322 g/mol. The van der Waals surface area contributed by atoms with Crippen LogP contribution in [0.1, 0.15) is 41.7 Å². The van der Waals surface area contributed by atoms with Crippen molar-refractivity contribution in [3.63, 3.8) is 0 Å². The van der Waals surface area contributed by atoms with E-state index in [1.165, 1.54) is 16.9 Å². The Morgan fingerprint density at radius 2 is 1.88 bits per heavy atom. The standard InChI is InChI=1S/C18H23N3O2S/c1-5-13-6-8-14(9-7-13)18-21-12(4)16(24-18)17(23)19-10-15(22)20-11(2)3/h6-9,11H,5,10H2,1-4H3,(H,19,23)(H,20,22). The Morgan fingerprint density at radius 1 is 1.21 bits per heavy atom. The third-order valence-electron chi connectivity index (χ3n) is 3.47. The first-order valence-electron chi connectivity index (χ1n) is 8.05. The number of carbonyl (C=O) groups is 2. The molecule has 128 valence electrons. The SMILES string of the molecule is CCc1ccc(-c2nc(C)c(C(=O)NCC(=O)NC(C)C)s2)cc1. The smallest absolute Gasteiger partial charge is 0.263 e. The molecule has 0 saturated heterocycles. The molecule has 2 amide bonds. The van der Waals surface area contributed by atoms with Crippen LogP contribution in [-0.4, -0.2) is 29.4 Å². The van der Waals surface area contributed by atoms with Gasteiger partial charge in [0.25, 0.3) is 5.91 Å². The van der Waals surface area contributed by atoms with Crippen molar-refractivity contribution in [3.8, 4) is 10.6 Å². The Morgan fingerprint density at radius 3 is 2.46 bits per heavy atom. The van der Waals surface area contributed by atoms with Gasteiger partial charge in [0.2, 0.25) is 5.91 Å². The highest BCUT2D eigenvalue weighted by molar-refractivity contribution is 7.17. The average molecular weight is 345 g/mol. The lowest BCUT2D eigenvalue weighted by Crippen LogP contribution is -2.39. The Bertz CT molecular complexity index is 720. The first kappa shape index (κ1) is 18.1. The van der Waals surface area contributed by atoms with Crippen LogP contribution in [-0.2, 0) is 11.2 Å². The molecule has 2 rings (SSSR count). The fourth-order valence-electron chi connectivity index (χ4n) is 2.23. The molecule has 1 heterocycles. The minimum atomic E-state index is -0.264. The number of nitrogens with zero attached hydrogens (tertiary/aromatic N) is 1. The highest BCUT2D eigenvalue weighted by Crippen LogP contribution is 2.28. The first-order valence-corrected chi connectivity index (χ1v) is 8.86. The van der Waals surface area contributed by atoms with Gasteiger partial charge in [0.05, 0.1) is 12.2 Å². The molecule has 1 aromatic carbocycles. The number of carbonyl (C=O) groups excluding carboxylic acids is 2. The van der Waals surface area contributed by atoms with E-state index < -0.39 is 0 Å². The zero-order valence-electron chi connectivity index (χ0n) is 14.5. The van der Waals surface area contributed by atoms with Crippen LogP contribution in [0, 0.1) is 6.92 Å². The van der Waals surface area contributed by atoms with E-state index in [4.69, 9.17) is 0 Å². The fourth-order valence-corrected chi connectivity index (χ4v) is 3.22. The Hall–Kier alpha value is -2.21. The lowest BCUT2D eigenvalue weighted by atomic mass is 10.1. The molecule has 0 unspecified atom stereocenters. The van der Waals surface area contributed by atoms with Gasteiger partial charge in [-0.25, -0.2) is 4.98 Å². The van der Waals surface area contributed by atoms with Crippen molar-refractivity contribution in [1.29, 1.82) is 0 Å². The zero-order valence-corrected chi connectivity index (χ0v) is 15.3. The molecule has 0 aliphatic rings. The lowest BCUT2D eigenvalue weighted by Gasteiger charge is -2.08. The second-order valence-corrected chi connectivity index (χ2v) is 6.89. The number of thiazole rings is 1. The molecule has 0 fully saturated rings. The van der Waals surface area contributed by atoms with E-state index in [1.807, 2.05) is 32.9 Å². The summed E-state index contributed by atoms with van der Waals surface area (Å²) in [7, 11) is 0. The summed E-state index contributed by atoms with van der Waals surface area (Å²) in [6.07, 6.45) is 0.989. The lowest BCUT2D eigenvalue weighted by molar-refractivity contribution is -0.120. The van der Waals surface area contributed by atoms with Crippen molar-refractivity contribution in [1.82, 2.24) is 15.6 Å². The van der Waals surface area contributed by atoms with Crippen LogP contribution in [0.4, 0.5) is 0 Å². The molecule has 0 atom stereocenters. The van der Waals surface area contributed by atoms with Crippen molar-refractivity contribution >= 4 is 23.2 Å². The highest BCUT2D eigenvalue weighted by Gasteiger charge is 2.17. The quantitative estimate of drug-likeness (QED) is 0.845. The van der Waals surface area contributed by atoms with Gasteiger partial charge in [-0.2, -0.15) is 0 Å². The van der Waals surface area contributed by atoms with E-state index in [2.05, 4.69) is 34.7 Å². The largest absolute Gasteiger partial charge is 0.352 e. The fraction of sp³-hybridized carbons (Fsp3) is 0.389. The first-order chi connectivity index (χ1) is 11.4. The number of aryl methyl sites for hydroxylation is 2. The second kappa shape index (κ2) is 8.06. The van der Waals surface area contributed by atoms with Crippen LogP contribution in [0.15, 0.2) is 24.3 Å². The van der Waals surface area contributed by atoms with Gasteiger partial charge in [-0.3, -0.25) is 9.59 Å². The number of nitrogens with one attached hydrogen (secondary N) is 2. The van der Waals surface area contributed by atoms with Crippen molar-refractivity contribution in [3.05, 3.63) is 40.4 Å². The van der Waals surface area contributed by atoms with Crippen molar-refractivity contribution in [2.75, 3.05) is 6.54 Å². The molecule has 2 aromatic rings. The number of rotatable bonds is 6. The molecule has 0 spiro atoms. The molecule has 6 heteroatoms. The molecule has 0 bridgehead atoms. The number of hydrogen-bond acceptors (Lipinski definition) is 4. The summed E-state index contributed by atoms with van der Waals surface area (Å²) in [6.45, 7) is 7.64. The van der Waals surface area contributed by atoms with Crippen molar-refractivity contribution < 1.29 is 9.59 Å². The van der Waals surface area contributed by atoms with Gasteiger partial charge in [0, 0.05) is 11.6 Å². The molecule has 1 aromatic heterocycles. The molecule has 0 saturated carbocycles. The maximum absolute atomic E-state index is 12.3. The predicted octanol–water partition coefficient (Wildman–Crippen LogP) is 2.94. The van der Waals surface area contributed by atoms with E-state index in [1.54, 1.807) is 0 Å². The summed E-state index contributed by atoms with van der Waals surface area (Å²) < 4.78 is 0. The maximum atomic E-state index is 12.3. The summed E-state index contributed by atoms with van der Waals surface area (Å²) in [6, 6.07) is 8.24. The summed E-state index contributed by atoms with van der Waals surface area (Å²) in [5, 5.41) is 6.20.